The van der Waals surface area contributed by atoms with Gasteiger partial charge >= 0.3 is 0 Å². The largest absolute Gasteiger partial charge is 0.354 e. The Labute approximate surface area is 169 Å². The smallest absolute Gasteiger partial charge is 0.229 e. The van der Waals surface area contributed by atoms with Crippen molar-refractivity contribution in [1.82, 2.24) is 24.6 Å². The third-order valence-corrected chi connectivity index (χ3v) is 6.52. The molecule has 2 aliphatic heterocycles. The zero-order valence-corrected chi connectivity index (χ0v) is 17.5. The van der Waals surface area contributed by atoms with Crippen molar-refractivity contribution >= 4 is 35.0 Å². The third-order valence-electron chi connectivity index (χ3n) is 6.26. The second-order valence-electron chi connectivity index (χ2n) is 8.47. The molecule has 28 heavy (non-hydrogen) atoms. The van der Waals surface area contributed by atoms with Crippen LogP contribution in [-0.2, 0) is 11.8 Å². The van der Waals surface area contributed by atoms with Crippen LogP contribution in [0.4, 0.5) is 17.5 Å². The molecule has 0 bridgehead atoms. The van der Waals surface area contributed by atoms with Crippen molar-refractivity contribution in [2.24, 2.45) is 17.9 Å². The lowest BCUT2D eigenvalue weighted by atomic mass is 9.71. The van der Waals surface area contributed by atoms with Gasteiger partial charge < -0.3 is 15.1 Å². The molecule has 1 N–H and O–H groups in total. The van der Waals surface area contributed by atoms with Crippen LogP contribution in [-0.4, -0.2) is 56.7 Å². The van der Waals surface area contributed by atoms with Gasteiger partial charge in [-0.1, -0.05) is 32.4 Å². The van der Waals surface area contributed by atoms with Gasteiger partial charge in [-0.05, 0) is 0 Å². The highest BCUT2D eigenvalue weighted by Crippen LogP contribution is 2.52. The van der Waals surface area contributed by atoms with Crippen molar-refractivity contribution in [3.8, 4) is 0 Å². The minimum Gasteiger partial charge on any atom is -0.354 e. The Kier molecular flexibility index (Phi) is 4.49. The van der Waals surface area contributed by atoms with Crippen LogP contribution in [0.3, 0.4) is 0 Å². The fourth-order valence-electron chi connectivity index (χ4n) is 4.46. The number of halogens is 1. The first kappa shape index (κ1) is 19.0. The summed E-state index contributed by atoms with van der Waals surface area (Å²) in [6.45, 7) is 9.61. The number of nitrogens with one attached hydrogen (secondary N) is 1. The summed E-state index contributed by atoms with van der Waals surface area (Å²) in [5.74, 6) is 1.45. The Balaban J connectivity index is 1.56. The van der Waals surface area contributed by atoms with Crippen molar-refractivity contribution < 1.29 is 4.79 Å². The molecule has 150 valence electrons. The van der Waals surface area contributed by atoms with Gasteiger partial charge in [-0.15, -0.1) is 0 Å². The summed E-state index contributed by atoms with van der Waals surface area (Å²) in [5.41, 5.74) is 0.827. The topological polar surface area (TPSA) is 79.2 Å². The molecule has 0 aliphatic carbocycles. The van der Waals surface area contributed by atoms with Gasteiger partial charge in [0.1, 0.15) is 5.02 Å². The fraction of sp³-hybridized carbons (Fsp3) is 0.579. The lowest BCUT2D eigenvalue weighted by molar-refractivity contribution is -0.130. The molecule has 1 amide bonds. The number of anilines is 3. The van der Waals surface area contributed by atoms with Crippen molar-refractivity contribution in [3.05, 3.63) is 23.6 Å². The first-order valence-electron chi connectivity index (χ1n) is 9.54. The highest BCUT2D eigenvalue weighted by molar-refractivity contribution is 6.32. The molecular formula is C19H26ClN7O. The van der Waals surface area contributed by atoms with E-state index in [0.717, 1.165) is 37.7 Å². The Bertz CT molecular complexity index is 895. The van der Waals surface area contributed by atoms with E-state index in [1.807, 2.05) is 25.1 Å². The summed E-state index contributed by atoms with van der Waals surface area (Å²) in [7, 11) is 1.86. The molecule has 2 atom stereocenters. The molecule has 0 aromatic carbocycles. The Morgan fingerprint density at radius 3 is 2.46 bits per heavy atom. The van der Waals surface area contributed by atoms with E-state index in [1.54, 1.807) is 17.1 Å². The van der Waals surface area contributed by atoms with Crippen LogP contribution in [0, 0.1) is 10.8 Å². The van der Waals surface area contributed by atoms with Gasteiger partial charge in [-0.25, -0.2) is 4.98 Å². The highest BCUT2D eigenvalue weighted by atomic mass is 35.5. The number of carbonyl (C=O) groups is 1. The van der Waals surface area contributed by atoms with Gasteiger partial charge in [0, 0.05) is 56.7 Å². The summed E-state index contributed by atoms with van der Waals surface area (Å²) in [6, 6.07) is 0. The van der Waals surface area contributed by atoms with Crippen molar-refractivity contribution in [1.29, 1.82) is 0 Å². The lowest BCUT2D eigenvalue weighted by Crippen LogP contribution is -2.35. The molecule has 0 saturated carbocycles. The molecule has 2 saturated heterocycles. The molecule has 2 aromatic heterocycles. The number of hydrogen-bond acceptors (Lipinski definition) is 6. The maximum atomic E-state index is 12.2. The second-order valence-corrected chi connectivity index (χ2v) is 8.88. The molecule has 4 rings (SSSR count). The summed E-state index contributed by atoms with van der Waals surface area (Å²) >= 11 is 6.46. The van der Waals surface area contributed by atoms with Crippen LogP contribution < -0.4 is 10.2 Å². The molecule has 2 fully saturated rings. The number of carbonyl (C=O) groups excluding carboxylic acids is 1. The van der Waals surface area contributed by atoms with E-state index in [4.69, 9.17) is 11.6 Å². The molecule has 2 aliphatic rings. The van der Waals surface area contributed by atoms with Crippen LogP contribution in [0.25, 0.3) is 0 Å². The van der Waals surface area contributed by atoms with E-state index in [9.17, 15) is 4.79 Å². The van der Waals surface area contributed by atoms with E-state index < -0.39 is 0 Å². The summed E-state index contributed by atoms with van der Waals surface area (Å²) < 4.78 is 1.71. The average molecular weight is 404 g/mol. The standard InChI is InChI=1S/C19H26ClN7O/c1-5-15(28)26-9-18(2)11-27(12-19(18,3)10-26)16-14(20)7-21-17(24-16)23-13-6-22-25(4)8-13/h6-8H,5,9-12H2,1-4H3,(H,21,23,24)/t18-,19+. The monoisotopic (exact) mass is 403 g/mol. The number of aromatic nitrogens is 4. The zero-order chi connectivity index (χ0) is 20.1. The molecule has 0 unspecified atom stereocenters. The maximum absolute atomic E-state index is 12.2. The molecule has 0 radical (unpaired) electrons. The normalized spacial score (nSPS) is 26.6. The van der Waals surface area contributed by atoms with Crippen molar-refractivity contribution in [2.45, 2.75) is 27.2 Å². The quantitative estimate of drug-likeness (QED) is 0.845. The van der Waals surface area contributed by atoms with Gasteiger partial charge in [0.05, 0.1) is 18.1 Å². The zero-order valence-electron chi connectivity index (χ0n) is 16.7. The first-order chi connectivity index (χ1) is 13.2. The van der Waals surface area contributed by atoms with Crippen molar-refractivity contribution in [2.75, 3.05) is 36.4 Å². The summed E-state index contributed by atoms with van der Waals surface area (Å²) in [4.78, 5) is 25.4. The van der Waals surface area contributed by atoms with Gasteiger partial charge in [-0.3, -0.25) is 9.48 Å². The number of nitrogens with zero attached hydrogens (tertiary/aromatic N) is 6. The Hall–Kier alpha value is -2.35. The van der Waals surface area contributed by atoms with E-state index in [-0.39, 0.29) is 16.7 Å². The van der Waals surface area contributed by atoms with Crippen LogP contribution in [0.15, 0.2) is 18.6 Å². The first-order valence-corrected chi connectivity index (χ1v) is 9.92. The number of rotatable bonds is 4. The van der Waals surface area contributed by atoms with Gasteiger partial charge in [0.15, 0.2) is 5.82 Å². The Morgan fingerprint density at radius 1 is 1.21 bits per heavy atom. The Morgan fingerprint density at radius 2 is 1.89 bits per heavy atom. The lowest BCUT2D eigenvalue weighted by Gasteiger charge is -2.29. The summed E-state index contributed by atoms with van der Waals surface area (Å²) in [5, 5.41) is 7.85. The molecule has 0 spiro atoms. The average Bonchev–Trinajstić information content (AvgIpc) is 3.23. The van der Waals surface area contributed by atoms with E-state index in [1.165, 1.54) is 0 Å². The number of likely N-dealkylation sites (tertiary alicyclic amines) is 1. The molecule has 8 nitrogen and oxygen atoms in total. The third kappa shape index (κ3) is 3.09. The minimum absolute atomic E-state index is 0.00303. The van der Waals surface area contributed by atoms with Crippen molar-refractivity contribution in [3.63, 3.8) is 0 Å². The van der Waals surface area contributed by atoms with Gasteiger partial charge in [-0.2, -0.15) is 10.1 Å². The summed E-state index contributed by atoms with van der Waals surface area (Å²) in [6.07, 6.45) is 5.77. The fourth-order valence-corrected chi connectivity index (χ4v) is 4.68. The van der Waals surface area contributed by atoms with E-state index in [0.29, 0.717) is 17.4 Å². The maximum Gasteiger partial charge on any atom is 0.229 e. The predicted octanol–water partition coefficient (Wildman–Crippen LogP) is 2.69. The van der Waals surface area contributed by atoms with Crippen LogP contribution >= 0.6 is 11.6 Å². The van der Waals surface area contributed by atoms with Gasteiger partial charge in [0.2, 0.25) is 11.9 Å². The number of amides is 1. The second kappa shape index (κ2) is 6.62. The SMILES string of the molecule is CCC(=O)N1C[C@@]2(C)CN(c3nc(Nc4cnn(C)c4)ncc3Cl)C[C@@]2(C)C1. The minimum atomic E-state index is 0.00303. The van der Waals surface area contributed by atoms with E-state index in [2.05, 4.69) is 39.1 Å². The number of aryl methyl sites for hydroxylation is 1. The molecule has 4 heterocycles. The van der Waals surface area contributed by atoms with Crippen LogP contribution in [0.5, 0.6) is 0 Å². The molecule has 9 heteroatoms. The van der Waals surface area contributed by atoms with Crippen LogP contribution in [0.2, 0.25) is 5.02 Å². The number of fused-ring (bicyclic) bond motifs is 1. The predicted molar refractivity (Wildman–Crippen MR) is 109 cm³/mol. The number of hydrogen-bond donors (Lipinski definition) is 1. The van der Waals surface area contributed by atoms with E-state index >= 15 is 0 Å². The van der Waals surface area contributed by atoms with Crippen LogP contribution in [0.1, 0.15) is 27.2 Å². The highest BCUT2D eigenvalue weighted by Gasteiger charge is 2.58. The molecular weight excluding hydrogens is 378 g/mol. The van der Waals surface area contributed by atoms with Gasteiger partial charge in [0.25, 0.3) is 0 Å². The molecule has 2 aromatic rings.